The summed E-state index contributed by atoms with van der Waals surface area (Å²) in [5.74, 6) is 0. The molecule has 1 aromatic heterocycles. The molecule has 28 valence electrons. The smallest absolute Gasteiger partial charge is 1.00 e. The molecule has 0 bridgehead atoms. The Morgan fingerprint density at radius 3 is 2.67 bits per heavy atom. The first-order valence-electron chi connectivity index (χ1n) is 1.34. The first-order chi connectivity index (χ1) is 2.50. The van der Waals surface area contributed by atoms with E-state index in [0.29, 0.717) is 0 Å². The summed E-state index contributed by atoms with van der Waals surface area (Å²) in [6.07, 6.45) is 1.77. The quantitative estimate of drug-likeness (QED) is 0.347. The molecule has 0 aliphatic heterocycles. The van der Waals surface area contributed by atoms with Crippen molar-refractivity contribution < 1.29 is 20.3 Å². The summed E-state index contributed by atoms with van der Waals surface area (Å²) in [5.41, 5.74) is 0. The van der Waals surface area contributed by atoms with E-state index in [9.17, 15) is 0 Å². The molecule has 0 radical (unpaired) electrons. The molecule has 0 saturated carbocycles. The van der Waals surface area contributed by atoms with Crippen molar-refractivity contribution in [2.45, 2.75) is 0 Å². The van der Waals surface area contributed by atoms with Gasteiger partial charge >= 0.3 is 18.9 Å². The Hall–Kier alpha value is 0.227. The second-order valence-electron chi connectivity index (χ2n) is 0.688. The Balaban J connectivity index is 0. The third-order valence-electron chi connectivity index (χ3n) is 0.347. The fourth-order valence-corrected chi connectivity index (χ4v) is 0.527. The predicted molar refractivity (Wildman–Crippen MR) is 23.2 cm³/mol. The Bertz CT molecular complexity index is 71.4. The van der Waals surface area contributed by atoms with Crippen molar-refractivity contribution in [2.24, 2.45) is 0 Å². The molecule has 3 heteroatoms. The third kappa shape index (κ3) is 1.61. The van der Waals surface area contributed by atoms with Gasteiger partial charge in [-0.2, -0.15) is 0 Å². The second kappa shape index (κ2) is 3.42. The summed E-state index contributed by atoms with van der Waals surface area (Å²) in [5, 5.41) is 1.93. The fraction of sp³-hybridized carbons (Fsp3) is 0. The maximum atomic E-state index is 3.76. The van der Waals surface area contributed by atoms with Gasteiger partial charge < -0.3 is 1.43 Å². The van der Waals surface area contributed by atoms with Crippen LogP contribution in [0.15, 0.2) is 17.6 Å². The number of hydrogen-bond donors (Lipinski definition) is 0. The molecule has 1 aromatic rings. The normalized spacial score (nSPS) is 6.67. The number of hydrogen-bond acceptors (Lipinski definition) is 2. The van der Waals surface area contributed by atoms with Crippen molar-refractivity contribution in [1.29, 1.82) is 0 Å². The topological polar surface area (TPSA) is 12.9 Å². The van der Waals surface area contributed by atoms with E-state index < -0.39 is 0 Å². The van der Waals surface area contributed by atoms with Crippen LogP contribution in [0.1, 0.15) is 1.43 Å². The monoisotopic (exact) mass is 93.0 g/mol. The Morgan fingerprint density at radius 1 is 1.67 bits per heavy atom. The number of nitrogens with zero attached hydrogens (tertiary/aromatic N) is 1. The molecule has 1 heterocycles. The van der Waals surface area contributed by atoms with Crippen molar-refractivity contribution in [1.82, 2.24) is 4.37 Å². The summed E-state index contributed by atoms with van der Waals surface area (Å²) < 4.78 is 3.76. The van der Waals surface area contributed by atoms with Crippen molar-refractivity contribution in [2.75, 3.05) is 0 Å². The molecule has 1 rings (SSSR count). The van der Waals surface area contributed by atoms with Crippen LogP contribution in [-0.4, -0.2) is 4.37 Å². The molecule has 0 unspecified atom stereocenters. The molecule has 6 heavy (non-hydrogen) atoms. The summed E-state index contributed by atoms with van der Waals surface area (Å²) in [7, 11) is 0. The van der Waals surface area contributed by atoms with Crippen LogP contribution in [0.4, 0.5) is 0 Å². The summed E-state index contributed by atoms with van der Waals surface area (Å²) in [4.78, 5) is 0. The number of rotatable bonds is 0. The molecule has 0 aromatic carbocycles. The Kier molecular flexibility index (Phi) is 3.55. The van der Waals surface area contributed by atoms with Crippen LogP contribution in [0.5, 0.6) is 0 Å². The van der Waals surface area contributed by atoms with Crippen LogP contribution in [0, 0.1) is 0 Å². The fourth-order valence-electron chi connectivity index (χ4n) is 0.176. The van der Waals surface area contributed by atoms with E-state index in [-0.39, 0.29) is 20.3 Å². The Labute approximate surface area is 54.2 Å². The van der Waals surface area contributed by atoms with Crippen molar-refractivity contribution in [3.05, 3.63) is 17.6 Å². The molecule has 0 N–H and O–H groups in total. The summed E-state index contributed by atoms with van der Waals surface area (Å²) in [6, 6.07) is 1.91. The van der Waals surface area contributed by atoms with Crippen LogP contribution in [0.3, 0.4) is 0 Å². The first-order valence-corrected chi connectivity index (χ1v) is 2.18. The third-order valence-corrected chi connectivity index (χ3v) is 0.869. The minimum atomic E-state index is 0. The van der Waals surface area contributed by atoms with E-state index in [0.717, 1.165) is 0 Å². The number of aromatic nitrogens is 1. The zero-order valence-corrected chi connectivity index (χ0v) is 4.40. The van der Waals surface area contributed by atoms with Gasteiger partial charge in [0, 0.05) is 11.6 Å². The van der Waals surface area contributed by atoms with Crippen LogP contribution < -0.4 is 18.9 Å². The van der Waals surface area contributed by atoms with Crippen LogP contribution in [0.25, 0.3) is 0 Å². The molecule has 0 atom stereocenters. The van der Waals surface area contributed by atoms with Gasteiger partial charge in [0.2, 0.25) is 0 Å². The maximum Gasteiger partial charge on any atom is 1.00 e. The van der Waals surface area contributed by atoms with Crippen molar-refractivity contribution in [3.63, 3.8) is 0 Å². The van der Waals surface area contributed by atoms with Gasteiger partial charge in [0.25, 0.3) is 0 Å². The van der Waals surface area contributed by atoms with Gasteiger partial charge in [-0.25, -0.2) is 4.37 Å². The van der Waals surface area contributed by atoms with E-state index in [1.807, 2.05) is 11.4 Å². The molecule has 0 fully saturated rings. The van der Waals surface area contributed by atoms with Crippen molar-refractivity contribution >= 4 is 11.5 Å². The molecular weight excluding hydrogens is 89.0 g/mol. The van der Waals surface area contributed by atoms with E-state index in [2.05, 4.69) is 4.37 Å². The van der Waals surface area contributed by atoms with Gasteiger partial charge in [0.15, 0.2) is 0 Å². The molecule has 0 aliphatic carbocycles. The molecular formula is C3H4LiNS. The molecule has 1 nitrogen and oxygen atoms in total. The largest absolute Gasteiger partial charge is 1.00 e. The maximum absolute atomic E-state index is 3.76. The molecule has 0 spiro atoms. The van der Waals surface area contributed by atoms with Crippen molar-refractivity contribution in [3.8, 4) is 0 Å². The van der Waals surface area contributed by atoms with Gasteiger partial charge in [-0.05, 0) is 17.6 Å². The van der Waals surface area contributed by atoms with Crippen LogP contribution in [0.2, 0.25) is 0 Å². The molecule has 0 aliphatic rings. The predicted octanol–water partition coefficient (Wildman–Crippen LogP) is -1.74. The van der Waals surface area contributed by atoms with Gasteiger partial charge in [0.1, 0.15) is 0 Å². The van der Waals surface area contributed by atoms with E-state index in [1.54, 1.807) is 6.20 Å². The average molecular weight is 93.1 g/mol. The zero-order chi connectivity index (χ0) is 3.54. The standard InChI is InChI=1S/C3H3NS.Li.H/c1-2-4-5-3-1;;/h1-3H;;/q;+1;-1. The van der Waals surface area contributed by atoms with Gasteiger partial charge in [0.05, 0.1) is 0 Å². The van der Waals surface area contributed by atoms with Gasteiger partial charge in [-0.1, -0.05) is 0 Å². The second-order valence-corrected chi connectivity index (χ2v) is 1.38. The average Bonchev–Trinajstić information content (AvgIpc) is 1.76. The molecule has 0 amide bonds. The van der Waals surface area contributed by atoms with E-state index >= 15 is 0 Å². The van der Waals surface area contributed by atoms with E-state index in [1.165, 1.54) is 11.5 Å². The van der Waals surface area contributed by atoms with Crippen LogP contribution in [-0.2, 0) is 0 Å². The van der Waals surface area contributed by atoms with Gasteiger partial charge in [-0.15, -0.1) is 0 Å². The summed E-state index contributed by atoms with van der Waals surface area (Å²) >= 11 is 1.46. The van der Waals surface area contributed by atoms with E-state index in [4.69, 9.17) is 0 Å². The Morgan fingerprint density at radius 2 is 2.50 bits per heavy atom. The van der Waals surface area contributed by atoms with Crippen LogP contribution >= 0.6 is 11.5 Å². The zero-order valence-electron chi connectivity index (χ0n) is 4.59. The summed E-state index contributed by atoms with van der Waals surface area (Å²) in [6.45, 7) is 0. The minimum absolute atomic E-state index is 0. The van der Waals surface area contributed by atoms with Gasteiger partial charge in [-0.3, -0.25) is 0 Å². The minimum Gasteiger partial charge on any atom is -1.00 e. The SMILES string of the molecule is [H-].[Li+].c1cnsc1. The molecule has 0 saturated heterocycles. The first kappa shape index (κ1) is 6.23.